The molecule has 8 nitrogen and oxygen atoms in total. The maximum Gasteiger partial charge on any atom is 0.352 e. The van der Waals surface area contributed by atoms with Crippen molar-refractivity contribution >= 4 is 23.2 Å². The Morgan fingerprint density at radius 2 is 1.72 bits per heavy atom. The molecule has 206 valence electrons. The van der Waals surface area contributed by atoms with Gasteiger partial charge in [-0.15, -0.1) is 0 Å². The Morgan fingerprint density at radius 3 is 2.36 bits per heavy atom. The van der Waals surface area contributed by atoms with Gasteiger partial charge in [-0.05, 0) is 65.0 Å². The highest BCUT2D eigenvalue weighted by molar-refractivity contribution is 6.34. The topological polar surface area (TPSA) is 75.7 Å². The minimum absolute atomic E-state index is 0.0168. The van der Waals surface area contributed by atoms with Crippen LogP contribution in [0.1, 0.15) is 52.8 Å². The monoisotopic (exact) mass is 548 g/mol. The molecule has 4 aromatic rings. The first-order valence-corrected chi connectivity index (χ1v) is 13.8. The predicted molar refractivity (Wildman–Crippen MR) is 156 cm³/mol. The van der Waals surface area contributed by atoms with Crippen LogP contribution in [0.15, 0.2) is 59.4 Å². The zero-order valence-corrected chi connectivity index (χ0v) is 24.1. The summed E-state index contributed by atoms with van der Waals surface area (Å²) in [6, 6.07) is 17.3. The van der Waals surface area contributed by atoms with Crippen LogP contribution in [0.3, 0.4) is 0 Å². The molecule has 2 heterocycles. The Morgan fingerprint density at radius 1 is 1.03 bits per heavy atom. The van der Waals surface area contributed by atoms with Crippen molar-refractivity contribution in [2.75, 3.05) is 27.2 Å². The Kier molecular flexibility index (Phi) is 9.20. The number of rotatable bonds is 11. The van der Waals surface area contributed by atoms with Crippen molar-refractivity contribution in [3.63, 3.8) is 0 Å². The van der Waals surface area contributed by atoms with Crippen LogP contribution in [0.2, 0.25) is 5.02 Å². The molecule has 2 aromatic heterocycles. The summed E-state index contributed by atoms with van der Waals surface area (Å²) in [5, 5.41) is 4.71. The number of amides is 1. The highest BCUT2D eigenvalue weighted by Gasteiger charge is 2.27. The van der Waals surface area contributed by atoms with Gasteiger partial charge in [0.1, 0.15) is 10.8 Å². The van der Waals surface area contributed by atoms with Gasteiger partial charge in [-0.3, -0.25) is 9.36 Å². The van der Waals surface area contributed by atoms with Gasteiger partial charge < -0.3 is 9.80 Å². The van der Waals surface area contributed by atoms with E-state index >= 15 is 0 Å². The molecule has 2 aromatic carbocycles. The third-order valence-electron chi connectivity index (χ3n) is 7.00. The number of fused-ring (bicyclic) bond motifs is 1. The Hall–Kier alpha value is -3.49. The Labute approximate surface area is 234 Å². The van der Waals surface area contributed by atoms with Crippen molar-refractivity contribution in [1.29, 1.82) is 0 Å². The van der Waals surface area contributed by atoms with Gasteiger partial charge in [-0.1, -0.05) is 66.6 Å². The summed E-state index contributed by atoms with van der Waals surface area (Å²) < 4.78 is 2.93. The van der Waals surface area contributed by atoms with Gasteiger partial charge in [0.05, 0.1) is 12.2 Å². The van der Waals surface area contributed by atoms with Crippen LogP contribution < -0.4 is 5.69 Å². The van der Waals surface area contributed by atoms with Gasteiger partial charge in [-0.25, -0.2) is 9.78 Å². The molecule has 0 bridgehead atoms. The van der Waals surface area contributed by atoms with Crippen molar-refractivity contribution in [2.24, 2.45) is 0 Å². The number of aromatic nitrogens is 4. The Balaban J connectivity index is 1.76. The number of nitrogens with zero attached hydrogens (tertiary/aromatic N) is 6. The largest absolute Gasteiger partial charge is 0.352 e. The van der Waals surface area contributed by atoms with Gasteiger partial charge in [0, 0.05) is 24.6 Å². The van der Waals surface area contributed by atoms with Crippen LogP contribution in [0.4, 0.5) is 0 Å². The number of benzene rings is 2. The molecule has 0 aliphatic heterocycles. The summed E-state index contributed by atoms with van der Waals surface area (Å²) in [4.78, 5) is 36.4. The number of aryl methyl sites for hydroxylation is 2. The first-order valence-electron chi connectivity index (χ1n) is 13.4. The lowest BCUT2D eigenvalue weighted by molar-refractivity contribution is 0.0661. The second-order valence-corrected chi connectivity index (χ2v) is 10.7. The summed E-state index contributed by atoms with van der Waals surface area (Å²) in [6.45, 7) is 7.65. The lowest BCUT2D eigenvalue weighted by atomic mass is 10.0. The van der Waals surface area contributed by atoms with E-state index in [0.29, 0.717) is 53.7 Å². The maximum absolute atomic E-state index is 13.8. The zero-order valence-electron chi connectivity index (χ0n) is 23.4. The molecule has 0 aliphatic carbocycles. The van der Waals surface area contributed by atoms with Crippen LogP contribution in [-0.4, -0.2) is 68.1 Å². The number of hydrogen-bond donors (Lipinski definition) is 0. The van der Waals surface area contributed by atoms with Crippen LogP contribution >= 0.6 is 11.6 Å². The zero-order chi connectivity index (χ0) is 28.1. The highest BCUT2D eigenvalue weighted by Crippen LogP contribution is 2.21. The van der Waals surface area contributed by atoms with E-state index in [0.717, 1.165) is 24.1 Å². The third-order valence-corrected chi connectivity index (χ3v) is 7.44. The first kappa shape index (κ1) is 28.5. The number of halogens is 1. The molecule has 1 unspecified atom stereocenters. The molecule has 4 rings (SSSR count). The Bertz CT molecular complexity index is 1480. The predicted octanol–water partition coefficient (Wildman–Crippen LogP) is 4.62. The van der Waals surface area contributed by atoms with E-state index in [4.69, 9.17) is 16.6 Å². The van der Waals surface area contributed by atoms with E-state index in [1.165, 1.54) is 4.52 Å². The second kappa shape index (κ2) is 12.6. The number of hydrogen-bond acceptors (Lipinski definition) is 5. The minimum atomic E-state index is -0.298. The van der Waals surface area contributed by atoms with Crippen molar-refractivity contribution < 1.29 is 4.79 Å². The normalized spacial score (nSPS) is 12.3. The average Bonchev–Trinajstić information content (AvgIpc) is 3.21. The second-order valence-electron chi connectivity index (χ2n) is 10.3. The van der Waals surface area contributed by atoms with Gasteiger partial charge in [0.2, 0.25) is 0 Å². The third kappa shape index (κ3) is 6.57. The van der Waals surface area contributed by atoms with Gasteiger partial charge >= 0.3 is 5.69 Å². The molecule has 1 amide bonds. The fourth-order valence-corrected chi connectivity index (χ4v) is 4.93. The molecule has 0 N–H and O–H groups in total. The number of carbonyl (C=O) groups excluding carboxylic acids is 1. The van der Waals surface area contributed by atoms with E-state index in [2.05, 4.69) is 16.9 Å². The quantitative estimate of drug-likeness (QED) is 0.273. The van der Waals surface area contributed by atoms with E-state index in [-0.39, 0.29) is 17.6 Å². The lowest BCUT2D eigenvalue weighted by Crippen LogP contribution is -2.44. The van der Waals surface area contributed by atoms with Crippen molar-refractivity contribution in [1.82, 2.24) is 29.0 Å². The summed E-state index contributed by atoms with van der Waals surface area (Å²) in [7, 11) is 4.06. The van der Waals surface area contributed by atoms with Gasteiger partial charge in [-0.2, -0.15) is 9.61 Å². The first-order chi connectivity index (χ1) is 18.7. The molecule has 9 heteroatoms. The summed E-state index contributed by atoms with van der Waals surface area (Å²) in [5.74, 6) is 0.566. The van der Waals surface area contributed by atoms with Crippen molar-refractivity contribution in [2.45, 2.75) is 52.6 Å². The molecule has 0 spiro atoms. The van der Waals surface area contributed by atoms with Crippen molar-refractivity contribution in [3.05, 3.63) is 98.3 Å². The maximum atomic E-state index is 13.8. The fraction of sp³-hybridized carbons (Fsp3) is 0.400. The highest BCUT2D eigenvalue weighted by atomic mass is 35.5. The lowest BCUT2D eigenvalue weighted by Gasteiger charge is -2.32. The van der Waals surface area contributed by atoms with Crippen LogP contribution in [0.5, 0.6) is 0 Å². The van der Waals surface area contributed by atoms with E-state index < -0.39 is 0 Å². The number of carbonyl (C=O) groups is 1. The van der Waals surface area contributed by atoms with E-state index in [1.54, 1.807) is 11.5 Å². The molecular weight excluding hydrogens is 512 g/mol. The van der Waals surface area contributed by atoms with Gasteiger partial charge in [0.15, 0.2) is 5.65 Å². The molecule has 0 saturated carbocycles. The van der Waals surface area contributed by atoms with Crippen LogP contribution in [0.25, 0.3) is 5.65 Å². The molecule has 0 fully saturated rings. The minimum Gasteiger partial charge on any atom is -0.335 e. The molecule has 0 saturated heterocycles. The summed E-state index contributed by atoms with van der Waals surface area (Å²) in [5.41, 5.74) is 3.34. The molecule has 1 atom stereocenters. The van der Waals surface area contributed by atoms with Crippen LogP contribution in [-0.2, 0) is 13.0 Å². The summed E-state index contributed by atoms with van der Waals surface area (Å²) in [6.07, 6.45) is 1.95. The molecule has 0 radical (unpaired) electrons. The molecular formula is C30H37ClN6O2. The van der Waals surface area contributed by atoms with Gasteiger partial charge in [0.25, 0.3) is 5.91 Å². The average molecular weight is 549 g/mol. The van der Waals surface area contributed by atoms with Crippen molar-refractivity contribution in [3.8, 4) is 0 Å². The standard InChI is InChI=1S/C30H37ClN6O2/c1-6-25(35(18-10-17-34(4)5)29(38)24-15-13-21(2)14-16-24)19-26-32-28-27(31)22(3)33-37(28)30(39)36(26)20-23-11-8-7-9-12-23/h7-9,11-16,25H,6,10,17-20H2,1-5H3. The van der Waals surface area contributed by atoms with E-state index in [9.17, 15) is 9.59 Å². The molecule has 39 heavy (non-hydrogen) atoms. The smallest absolute Gasteiger partial charge is 0.335 e. The van der Waals surface area contributed by atoms with E-state index in [1.807, 2.05) is 80.5 Å². The summed E-state index contributed by atoms with van der Waals surface area (Å²) >= 11 is 6.51. The van der Waals surface area contributed by atoms with Crippen LogP contribution in [0, 0.1) is 13.8 Å². The SMILES string of the molecule is CCC(Cc1nc2c(Cl)c(C)nn2c(=O)n1Cc1ccccc1)N(CCCN(C)C)C(=O)c1ccc(C)cc1. The molecule has 0 aliphatic rings. The fourth-order valence-electron chi connectivity index (χ4n) is 4.77.